The Morgan fingerprint density at radius 2 is 2.00 bits per heavy atom. The van der Waals surface area contributed by atoms with Crippen LogP contribution < -0.4 is 10.1 Å². The van der Waals surface area contributed by atoms with Gasteiger partial charge in [0.05, 0.1) is 7.11 Å². The van der Waals surface area contributed by atoms with E-state index in [1.165, 1.54) is 12.8 Å². The first-order chi connectivity index (χ1) is 10.6. The average molecular weight is 305 g/mol. The Bertz CT molecular complexity index is 523. The van der Waals surface area contributed by atoms with Gasteiger partial charge in [-0.25, -0.2) is 4.79 Å². The van der Waals surface area contributed by atoms with E-state index < -0.39 is 12.0 Å². The topological polar surface area (TPSA) is 75.6 Å². The van der Waals surface area contributed by atoms with Crippen molar-refractivity contribution in [3.05, 3.63) is 29.8 Å². The highest BCUT2D eigenvalue weighted by atomic mass is 16.5. The van der Waals surface area contributed by atoms with E-state index in [9.17, 15) is 14.7 Å². The fraction of sp³-hybridized carbons (Fsp3) is 0.529. The van der Waals surface area contributed by atoms with Gasteiger partial charge in [0.25, 0.3) is 0 Å². The van der Waals surface area contributed by atoms with Gasteiger partial charge in [-0.3, -0.25) is 4.79 Å². The minimum Gasteiger partial charge on any atom is -0.496 e. The maximum atomic E-state index is 12.1. The highest BCUT2D eigenvalue weighted by molar-refractivity contribution is 5.84. The van der Waals surface area contributed by atoms with E-state index in [0.717, 1.165) is 18.4 Å². The molecule has 5 heteroatoms. The molecule has 0 spiro atoms. The molecule has 1 amide bonds. The van der Waals surface area contributed by atoms with Crippen LogP contribution in [0, 0.1) is 5.92 Å². The van der Waals surface area contributed by atoms with E-state index in [2.05, 4.69) is 5.32 Å². The van der Waals surface area contributed by atoms with Gasteiger partial charge in [-0.15, -0.1) is 0 Å². The predicted octanol–water partition coefficient (Wildman–Crippen LogP) is 2.39. The van der Waals surface area contributed by atoms with Crippen LogP contribution in [0.2, 0.25) is 0 Å². The van der Waals surface area contributed by atoms with E-state index in [1.807, 2.05) is 18.2 Å². The van der Waals surface area contributed by atoms with E-state index in [-0.39, 0.29) is 12.3 Å². The summed E-state index contributed by atoms with van der Waals surface area (Å²) in [6.45, 7) is 0. The lowest BCUT2D eigenvalue weighted by Crippen LogP contribution is -2.42. The molecule has 0 unspecified atom stereocenters. The minimum absolute atomic E-state index is 0.172. The van der Waals surface area contributed by atoms with Crippen molar-refractivity contribution < 1.29 is 19.4 Å². The highest BCUT2D eigenvalue weighted by Crippen LogP contribution is 2.27. The second-order valence-electron chi connectivity index (χ2n) is 5.83. The predicted molar refractivity (Wildman–Crippen MR) is 82.8 cm³/mol. The summed E-state index contributed by atoms with van der Waals surface area (Å²) in [4.78, 5) is 23.5. The van der Waals surface area contributed by atoms with Crippen LogP contribution >= 0.6 is 0 Å². The molecule has 0 aliphatic heterocycles. The van der Waals surface area contributed by atoms with Gasteiger partial charge >= 0.3 is 5.97 Å². The van der Waals surface area contributed by atoms with E-state index in [0.29, 0.717) is 18.1 Å². The van der Waals surface area contributed by atoms with E-state index >= 15 is 0 Å². The molecule has 1 atom stereocenters. The van der Waals surface area contributed by atoms with Crippen LogP contribution in [-0.4, -0.2) is 30.1 Å². The zero-order valence-corrected chi connectivity index (χ0v) is 12.9. The van der Waals surface area contributed by atoms with Crippen molar-refractivity contribution in [1.29, 1.82) is 0 Å². The Morgan fingerprint density at radius 1 is 1.32 bits per heavy atom. The Morgan fingerprint density at radius 3 is 2.64 bits per heavy atom. The maximum absolute atomic E-state index is 12.1. The Kier molecular flexibility index (Phi) is 5.81. The van der Waals surface area contributed by atoms with Gasteiger partial charge < -0.3 is 15.2 Å². The number of ether oxygens (including phenoxy) is 1. The SMILES string of the molecule is COc1ccccc1C[C@@H](NC(=O)CC1CCCC1)C(=O)O. The van der Waals surface area contributed by atoms with Gasteiger partial charge in [0.2, 0.25) is 5.91 Å². The molecule has 1 saturated carbocycles. The number of carboxylic acids is 1. The number of carbonyl (C=O) groups is 2. The highest BCUT2D eigenvalue weighted by Gasteiger charge is 2.24. The lowest BCUT2D eigenvalue weighted by molar-refractivity contribution is -0.141. The second-order valence-corrected chi connectivity index (χ2v) is 5.83. The third-order valence-electron chi connectivity index (χ3n) is 4.20. The largest absolute Gasteiger partial charge is 0.496 e. The van der Waals surface area contributed by atoms with Gasteiger partial charge in [0, 0.05) is 12.8 Å². The van der Waals surface area contributed by atoms with E-state index in [1.54, 1.807) is 13.2 Å². The molecule has 0 radical (unpaired) electrons. The summed E-state index contributed by atoms with van der Waals surface area (Å²) in [7, 11) is 1.55. The van der Waals surface area contributed by atoms with Crippen LogP contribution in [0.4, 0.5) is 0 Å². The number of carbonyl (C=O) groups excluding carboxylic acids is 1. The van der Waals surface area contributed by atoms with Gasteiger partial charge in [-0.2, -0.15) is 0 Å². The van der Waals surface area contributed by atoms with Crippen molar-refractivity contribution in [3.63, 3.8) is 0 Å². The van der Waals surface area contributed by atoms with Gasteiger partial charge in [-0.1, -0.05) is 31.0 Å². The molecule has 0 saturated heterocycles. The summed E-state index contributed by atoms with van der Waals surface area (Å²) in [6, 6.07) is 6.34. The monoisotopic (exact) mass is 305 g/mol. The summed E-state index contributed by atoms with van der Waals surface area (Å²) in [5.74, 6) is -0.153. The Balaban J connectivity index is 1.97. The molecule has 1 aromatic carbocycles. The Hall–Kier alpha value is -2.04. The number of carboxylic acid groups (broad SMARTS) is 1. The molecule has 1 aliphatic carbocycles. The molecule has 0 bridgehead atoms. The van der Waals surface area contributed by atoms with Crippen LogP contribution in [0.15, 0.2) is 24.3 Å². The van der Waals surface area contributed by atoms with E-state index in [4.69, 9.17) is 4.74 Å². The number of nitrogens with one attached hydrogen (secondary N) is 1. The number of benzene rings is 1. The standard InChI is InChI=1S/C17H23NO4/c1-22-15-9-5-4-8-13(15)11-14(17(20)21)18-16(19)10-12-6-2-3-7-12/h4-5,8-9,12,14H,2-3,6-7,10-11H2,1H3,(H,18,19)(H,20,21)/t14-/m1/s1. The number of aliphatic carboxylic acids is 1. The smallest absolute Gasteiger partial charge is 0.326 e. The molecule has 0 aromatic heterocycles. The molecule has 2 N–H and O–H groups in total. The molecular weight excluding hydrogens is 282 g/mol. The van der Waals surface area contributed by atoms with Gasteiger partial charge in [0.15, 0.2) is 0 Å². The summed E-state index contributed by atoms with van der Waals surface area (Å²) in [5.41, 5.74) is 0.776. The fourth-order valence-electron chi connectivity index (χ4n) is 3.02. The van der Waals surface area contributed by atoms with Crippen molar-refractivity contribution in [2.24, 2.45) is 5.92 Å². The lowest BCUT2D eigenvalue weighted by Gasteiger charge is -2.17. The Labute approximate surface area is 130 Å². The number of para-hydroxylation sites is 1. The molecule has 2 rings (SSSR count). The van der Waals surface area contributed by atoms with Crippen molar-refractivity contribution in [2.45, 2.75) is 44.6 Å². The third kappa shape index (κ3) is 4.48. The lowest BCUT2D eigenvalue weighted by atomic mass is 10.0. The summed E-state index contributed by atoms with van der Waals surface area (Å²) < 4.78 is 5.23. The molecular formula is C17H23NO4. The van der Waals surface area contributed by atoms with Crippen LogP contribution in [0.5, 0.6) is 5.75 Å². The molecule has 120 valence electrons. The van der Waals surface area contributed by atoms with Gasteiger partial charge in [0.1, 0.15) is 11.8 Å². The van der Waals surface area contributed by atoms with Crippen molar-refractivity contribution >= 4 is 11.9 Å². The molecule has 1 fully saturated rings. The number of amides is 1. The summed E-state index contributed by atoms with van der Waals surface area (Å²) in [6.07, 6.45) is 5.11. The maximum Gasteiger partial charge on any atom is 0.326 e. The van der Waals surface area contributed by atoms with Crippen LogP contribution in [0.1, 0.15) is 37.7 Å². The van der Waals surface area contributed by atoms with Crippen molar-refractivity contribution in [1.82, 2.24) is 5.32 Å². The van der Waals surface area contributed by atoms with Crippen LogP contribution in [0.3, 0.4) is 0 Å². The number of hydrogen-bond donors (Lipinski definition) is 2. The quantitative estimate of drug-likeness (QED) is 0.811. The molecule has 1 aromatic rings. The molecule has 0 heterocycles. The van der Waals surface area contributed by atoms with Crippen molar-refractivity contribution in [2.75, 3.05) is 7.11 Å². The fourth-order valence-corrected chi connectivity index (χ4v) is 3.02. The number of rotatable bonds is 7. The first-order valence-corrected chi connectivity index (χ1v) is 7.74. The summed E-state index contributed by atoms with van der Waals surface area (Å²) >= 11 is 0. The summed E-state index contributed by atoms with van der Waals surface area (Å²) in [5, 5.41) is 12.0. The normalized spacial score (nSPS) is 16.2. The molecule has 22 heavy (non-hydrogen) atoms. The van der Waals surface area contributed by atoms with Crippen LogP contribution in [-0.2, 0) is 16.0 Å². The zero-order valence-electron chi connectivity index (χ0n) is 12.9. The minimum atomic E-state index is -1.02. The van der Waals surface area contributed by atoms with Gasteiger partial charge in [-0.05, 0) is 30.4 Å². The molecule has 5 nitrogen and oxygen atoms in total. The third-order valence-corrected chi connectivity index (χ3v) is 4.20. The number of methoxy groups -OCH3 is 1. The second kappa shape index (κ2) is 7.82. The van der Waals surface area contributed by atoms with Crippen LogP contribution in [0.25, 0.3) is 0 Å². The molecule has 1 aliphatic rings. The first-order valence-electron chi connectivity index (χ1n) is 7.74. The first kappa shape index (κ1) is 16.3. The zero-order chi connectivity index (χ0) is 15.9. The van der Waals surface area contributed by atoms with Crippen molar-refractivity contribution in [3.8, 4) is 5.75 Å². The number of hydrogen-bond acceptors (Lipinski definition) is 3. The average Bonchev–Trinajstić information content (AvgIpc) is 2.99.